The van der Waals surface area contributed by atoms with Gasteiger partial charge in [0.1, 0.15) is 5.76 Å². The van der Waals surface area contributed by atoms with E-state index in [0.29, 0.717) is 31.0 Å². The third kappa shape index (κ3) is 4.04. The number of hydrogen-bond acceptors (Lipinski definition) is 5. The molecule has 2 rings (SSSR count). The lowest BCUT2D eigenvalue weighted by atomic mass is 9.98. The number of likely N-dealkylation sites (N-methyl/N-ethyl adjacent to an activating group) is 1. The fourth-order valence-corrected chi connectivity index (χ4v) is 2.16. The lowest BCUT2D eigenvalue weighted by Gasteiger charge is -2.26. The van der Waals surface area contributed by atoms with E-state index in [4.69, 9.17) is 4.52 Å². The van der Waals surface area contributed by atoms with Gasteiger partial charge in [0, 0.05) is 26.1 Å². The van der Waals surface area contributed by atoms with Crippen molar-refractivity contribution in [1.82, 2.24) is 15.4 Å². The fraction of sp³-hybridized carbons (Fsp3) is 0.538. The summed E-state index contributed by atoms with van der Waals surface area (Å²) in [5.74, 6) is 0.104. The van der Waals surface area contributed by atoms with Crippen LogP contribution in [-0.4, -0.2) is 47.9 Å². The number of carbonyl (C=O) groups excluding carboxylic acids is 3. The van der Waals surface area contributed by atoms with Crippen LogP contribution in [0.25, 0.3) is 0 Å². The first-order valence-electron chi connectivity index (χ1n) is 6.70. The third-order valence-electron chi connectivity index (χ3n) is 3.27. The molecule has 114 valence electrons. The maximum absolute atomic E-state index is 12.2. The minimum absolute atomic E-state index is 0.0409. The van der Waals surface area contributed by atoms with E-state index >= 15 is 0 Å². The van der Waals surface area contributed by atoms with E-state index in [1.807, 2.05) is 0 Å². The SMILES string of the molecule is Cc1cc(NC(=O)CN(C)C(=O)C2CCC(=O)NC2)no1. The average molecular weight is 294 g/mol. The Morgan fingerprint density at radius 1 is 1.57 bits per heavy atom. The quantitative estimate of drug-likeness (QED) is 0.807. The first-order chi connectivity index (χ1) is 9.95. The summed E-state index contributed by atoms with van der Waals surface area (Å²) in [4.78, 5) is 36.4. The predicted molar refractivity (Wildman–Crippen MR) is 73.2 cm³/mol. The number of hydrogen-bond donors (Lipinski definition) is 2. The Labute approximate surface area is 121 Å². The summed E-state index contributed by atoms with van der Waals surface area (Å²) in [5.41, 5.74) is 0. The number of aryl methyl sites for hydroxylation is 1. The average Bonchev–Trinajstić information content (AvgIpc) is 2.83. The van der Waals surface area contributed by atoms with Gasteiger partial charge < -0.3 is 20.1 Å². The normalized spacial score (nSPS) is 18.0. The molecule has 0 saturated carbocycles. The largest absolute Gasteiger partial charge is 0.360 e. The molecule has 1 fully saturated rings. The van der Waals surface area contributed by atoms with Crippen LogP contribution in [0.3, 0.4) is 0 Å². The maximum Gasteiger partial charge on any atom is 0.245 e. The van der Waals surface area contributed by atoms with E-state index in [-0.39, 0.29) is 30.2 Å². The molecule has 8 heteroatoms. The highest BCUT2D eigenvalue weighted by Crippen LogP contribution is 2.13. The number of piperidine rings is 1. The van der Waals surface area contributed by atoms with Gasteiger partial charge in [-0.15, -0.1) is 0 Å². The Morgan fingerprint density at radius 3 is 2.90 bits per heavy atom. The van der Waals surface area contributed by atoms with Crippen molar-refractivity contribution in [3.63, 3.8) is 0 Å². The van der Waals surface area contributed by atoms with Gasteiger partial charge in [-0.3, -0.25) is 14.4 Å². The van der Waals surface area contributed by atoms with Gasteiger partial charge in [-0.05, 0) is 13.3 Å². The molecule has 2 heterocycles. The van der Waals surface area contributed by atoms with E-state index in [0.717, 1.165) is 0 Å². The summed E-state index contributed by atoms with van der Waals surface area (Å²) in [7, 11) is 1.56. The Hall–Kier alpha value is -2.38. The fourth-order valence-electron chi connectivity index (χ4n) is 2.16. The number of nitrogens with one attached hydrogen (secondary N) is 2. The first kappa shape index (κ1) is 15.0. The summed E-state index contributed by atoms with van der Waals surface area (Å²) in [6.07, 6.45) is 0.855. The Morgan fingerprint density at radius 2 is 2.33 bits per heavy atom. The van der Waals surface area contributed by atoms with Crippen LogP contribution in [0, 0.1) is 12.8 Å². The van der Waals surface area contributed by atoms with Crippen LogP contribution in [0.4, 0.5) is 5.82 Å². The van der Waals surface area contributed by atoms with Crippen LogP contribution in [-0.2, 0) is 14.4 Å². The van der Waals surface area contributed by atoms with Crippen molar-refractivity contribution in [1.29, 1.82) is 0 Å². The summed E-state index contributed by atoms with van der Waals surface area (Å²) in [5, 5.41) is 8.85. The molecular formula is C13H18N4O4. The van der Waals surface area contributed by atoms with Gasteiger partial charge in [0.25, 0.3) is 0 Å². The van der Waals surface area contributed by atoms with Gasteiger partial charge in [-0.2, -0.15) is 0 Å². The molecule has 1 unspecified atom stereocenters. The van der Waals surface area contributed by atoms with Crippen molar-refractivity contribution in [3.05, 3.63) is 11.8 Å². The van der Waals surface area contributed by atoms with Crippen LogP contribution < -0.4 is 10.6 Å². The van der Waals surface area contributed by atoms with Crippen LogP contribution in [0.15, 0.2) is 10.6 Å². The number of amides is 3. The predicted octanol–water partition coefficient (Wildman–Crippen LogP) is -0.0939. The minimum atomic E-state index is -0.348. The summed E-state index contributed by atoms with van der Waals surface area (Å²) in [6.45, 7) is 1.97. The van der Waals surface area contributed by atoms with Crippen LogP contribution in [0.2, 0.25) is 0 Å². The van der Waals surface area contributed by atoms with E-state index in [2.05, 4.69) is 15.8 Å². The van der Waals surface area contributed by atoms with Crippen molar-refractivity contribution >= 4 is 23.5 Å². The Bertz CT molecular complexity index is 544. The lowest BCUT2D eigenvalue weighted by molar-refractivity contribution is -0.138. The molecule has 1 saturated heterocycles. The monoisotopic (exact) mass is 294 g/mol. The van der Waals surface area contributed by atoms with Gasteiger partial charge in [-0.1, -0.05) is 5.16 Å². The third-order valence-corrected chi connectivity index (χ3v) is 3.27. The second kappa shape index (κ2) is 6.38. The molecular weight excluding hydrogens is 276 g/mol. The Kier molecular flexibility index (Phi) is 4.56. The molecule has 2 N–H and O–H groups in total. The minimum Gasteiger partial charge on any atom is -0.360 e. The molecule has 3 amide bonds. The lowest BCUT2D eigenvalue weighted by Crippen LogP contribution is -2.45. The molecule has 1 aromatic heterocycles. The molecule has 1 aliphatic rings. The molecule has 0 aromatic carbocycles. The number of aromatic nitrogens is 1. The number of rotatable bonds is 4. The van der Waals surface area contributed by atoms with Crippen molar-refractivity contribution in [2.45, 2.75) is 19.8 Å². The molecule has 1 atom stereocenters. The van der Waals surface area contributed by atoms with Crippen LogP contribution in [0.5, 0.6) is 0 Å². The molecule has 0 bridgehead atoms. The van der Waals surface area contributed by atoms with Gasteiger partial charge in [0.2, 0.25) is 17.7 Å². The topological polar surface area (TPSA) is 105 Å². The van der Waals surface area contributed by atoms with E-state index < -0.39 is 0 Å². The van der Waals surface area contributed by atoms with E-state index in [9.17, 15) is 14.4 Å². The van der Waals surface area contributed by atoms with E-state index in [1.54, 1.807) is 20.0 Å². The number of nitrogens with zero attached hydrogens (tertiary/aromatic N) is 2. The summed E-state index contributed by atoms with van der Waals surface area (Å²) in [6, 6.07) is 1.59. The highest BCUT2D eigenvalue weighted by atomic mass is 16.5. The van der Waals surface area contributed by atoms with Gasteiger partial charge in [-0.25, -0.2) is 0 Å². The molecule has 1 aliphatic heterocycles. The highest BCUT2D eigenvalue weighted by molar-refractivity contribution is 5.94. The van der Waals surface area contributed by atoms with Crippen molar-refractivity contribution in [3.8, 4) is 0 Å². The van der Waals surface area contributed by atoms with E-state index in [1.165, 1.54) is 4.90 Å². The molecule has 0 radical (unpaired) electrons. The zero-order valence-electron chi connectivity index (χ0n) is 12.0. The zero-order valence-corrected chi connectivity index (χ0v) is 12.0. The van der Waals surface area contributed by atoms with Crippen molar-refractivity contribution in [2.24, 2.45) is 5.92 Å². The van der Waals surface area contributed by atoms with Gasteiger partial charge in [0.05, 0.1) is 12.5 Å². The number of carbonyl (C=O) groups is 3. The first-order valence-corrected chi connectivity index (χ1v) is 6.70. The number of anilines is 1. The Balaban J connectivity index is 1.82. The van der Waals surface area contributed by atoms with Crippen molar-refractivity contribution in [2.75, 3.05) is 25.5 Å². The highest BCUT2D eigenvalue weighted by Gasteiger charge is 2.27. The standard InChI is InChI=1S/C13H18N4O4/c1-8-5-10(16-21-8)15-12(19)7-17(2)13(20)9-3-4-11(18)14-6-9/h5,9H,3-4,6-7H2,1-2H3,(H,14,18)(H,15,16,19). The summed E-state index contributed by atoms with van der Waals surface area (Å²) < 4.78 is 4.84. The smallest absolute Gasteiger partial charge is 0.245 e. The second-order valence-electron chi connectivity index (χ2n) is 5.10. The molecule has 0 spiro atoms. The molecule has 8 nitrogen and oxygen atoms in total. The van der Waals surface area contributed by atoms with Crippen molar-refractivity contribution < 1.29 is 18.9 Å². The van der Waals surface area contributed by atoms with Gasteiger partial charge in [0.15, 0.2) is 5.82 Å². The molecule has 1 aromatic rings. The molecule has 0 aliphatic carbocycles. The summed E-state index contributed by atoms with van der Waals surface area (Å²) >= 11 is 0. The zero-order chi connectivity index (χ0) is 15.4. The maximum atomic E-state index is 12.2. The van der Waals surface area contributed by atoms with Gasteiger partial charge >= 0.3 is 0 Å². The molecule has 21 heavy (non-hydrogen) atoms. The van der Waals surface area contributed by atoms with Crippen LogP contribution >= 0.6 is 0 Å². The van der Waals surface area contributed by atoms with Crippen LogP contribution in [0.1, 0.15) is 18.6 Å². The second-order valence-corrected chi connectivity index (χ2v) is 5.10.